The van der Waals surface area contributed by atoms with E-state index in [-0.39, 0.29) is 24.0 Å². The first-order valence-corrected chi connectivity index (χ1v) is 11.5. The number of benzene rings is 1. The lowest BCUT2D eigenvalue weighted by atomic mass is 10.2. The minimum Gasteiger partial charge on any atom is -0.369 e. The molecule has 1 saturated heterocycles. The smallest absolute Gasteiger partial charge is 0.191 e. The number of nitrogens with zero attached hydrogens (tertiary/aromatic N) is 4. The number of hydrogen-bond donors (Lipinski definition) is 2. The molecule has 1 aromatic heterocycles. The zero-order valence-corrected chi connectivity index (χ0v) is 21.3. The van der Waals surface area contributed by atoms with E-state index in [2.05, 4.69) is 74.6 Å². The Morgan fingerprint density at radius 1 is 1.10 bits per heavy atom. The summed E-state index contributed by atoms with van der Waals surface area (Å²) in [7, 11) is 0. The number of aryl methyl sites for hydroxylation is 1. The van der Waals surface area contributed by atoms with Gasteiger partial charge >= 0.3 is 0 Å². The van der Waals surface area contributed by atoms with Crippen molar-refractivity contribution in [2.75, 3.05) is 50.7 Å². The molecule has 166 valence electrons. The zero-order chi connectivity index (χ0) is 20.3. The van der Waals surface area contributed by atoms with Gasteiger partial charge in [0, 0.05) is 56.0 Å². The van der Waals surface area contributed by atoms with E-state index in [1.807, 2.05) is 6.20 Å². The summed E-state index contributed by atoms with van der Waals surface area (Å²) in [5.41, 5.74) is 1.35. The van der Waals surface area contributed by atoms with Gasteiger partial charge in [-0.3, -0.25) is 4.90 Å². The van der Waals surface area contributed by atoms with Crippen molar-refractivity contribution in [1.82, 2.24) is 20.5 Å². The van der Waals surface area contributed by atoms with Crippen molar-refractivity contribution in [2.45, 2.75) is 33.2 Å². The van der Waals surface area contributed by atoms with Crippen LogP contribution in [0.4, 0.5) is 5.69 Å². The molecule has 0 unspecified atom stereocenters. The predicted molar refractivity (Wildman–Crippen MR) is 139 cm³/mol. The van der Waals surface area contributed by atoms with Gasteiger partial charge in [0.15, 0.2) is 5.96 Å². The van der Waals surface area contributed by atoms with Gasteiger partial charge < -0.3 is 15.5 Å². The molecule has 1 aliphatic heterocycles. The highest BCUT2D eigenvalue weighted by Gasteiger charge is 2.16. The van der Waals surface area contributed by atoms with Crippen molar-refractivity contribution in [1.29, 1.82) is 0 Å². The topological polar surface area (TPSA) is 55.8 Å². The SMILES string of the molecule is CCNC(=NCc1ncc(C)s1)NCCCCN1CCN(c2ccccc2)CC1.I. The van der Waals surface area contributed by atoms with E-state index < -0.39 is 0 Å². The Bertz CT molecular complexity index is 743. The first-order valence-electron chi connectivity index (χ1n) is 10.7. The number of hydrogen-bond acceptors (Lipinski definition) is 5. The summed E-state index contributed by atoms with van der Waals surface area (Å²) in [6.07, 6.45) is 4.28. The van der Waals surface area contributed by atoms with Crippen LogP contribution >= 0.6 is 35.3 Å². The van der Waals surface area contributed by atoms with E-state index >= 15 is 0 Å². The van der Waals surface area contributed by atoms with Crippen molar-refractivity contribution in [2.24, 2.45) is 4.99 Å². The van der Waals surface area contributed by atoms with Gasteiger partial charge in [-0.25, -0.2) is 9.98 Å². The van der Waals surface area contributed by atoms with Gasteiger partial charge in [0.05, 0.1) is 6.54 Å². The molecule has 1 aromatic carbocycles. The van der Waals surface area contributed by atoms with Gasteiger partial charge in [-0.05, 0) is 45.4 Å². The van der Waals surface area contributed by atoms with Crippen molar-refractivity contribution >= 4 is 47.0 Å². The third-order valence-corrected chi connectivity index (χ3v) is 5.97. The van der Waals surface area contributed by atoms with Gasteiger partial charge in [0.2, 0.25) is 0 Å². The van der Waals surface area contributed by atoms with Crippen LogP contribution in [0.1, 0.15) is 29.7 Å². The highest BCUT2D eigenvalue weighted by atomic mass is 127. The summed E-state index contributed by atoms with van der Waals surface area (Å²) in [4.78, 5) is 15.3. The number of anilines is 1. The maximum absolute atomic E-state index is 4.65. The van der Waals surface area contributed by atoms with E-state index in [1.165, 1.54) is 23.5 Å². The Morgan fingerprint density at radius 2 is 1.87 bits per heavy atom. The van der Waals surface area contributed by atoms with Crippen LogP contribution < -0.4 is 15.5 Å². The molecule has 2 heterocycles. The molecule has 0 radical (unpaired) electrons. The first-order chi connectivity index (χ1) is 14.2. The summed E-state index contributed by atoms with van der Waals surface area (Å²) >= 11 is 1.71. The van der Waals surface area contributed by atoms with E-state index in [9.17, 15) is 0 Å². The van der Waals surface area contributed by atoms with Gasteiger partial charge in [-0.15, -0.1) is 35.3 Å². The molecule has 0 amide bonds. The monoisotopic (exact) mass is 542 g/mol. The Kier molecular flexibility index (Phi) is 11.5. The van der Waals surface area contributed by atoms with E-state index in [0.29, 0.717) is 6.54 Å². The van der Waals surface area contributed by atoms with Crippen LogP contribution in [-0.4, -0.2) is 61.7 Å². The molecule has 0 saturated carbocycles. The molecule has 1 fully saturated rings. The van der Waals surface area contributed by atoms with Gasteiger partial charge in [0.1, 0.15) is 5.01 Å². The number of nitrogens with one attached hydrogen (secondary N) is 2. The fourth-order valence-corrected chi connectivity index (χ4v) is 4.21. The molecular formula is C22H35IN6S. The average Bonchev–Trinajstić information content (AvgIpc) is 3.18. The number of rotatable bonds is 9. The molecule has 3 rings (SSSR count). The molecule has 0 bridgehead atoms. The van der Waals surface area contributed by atoms with Crippen LogP contribution in [0.3, 0.4) is 0 Å². The van der Waals surface area contributed by atoms with Crippen molar-refractivity contribution in [3.05, 3.63) is 46.4 Å². The fourth-order valence-electron chi connectivity index (χ4n) is 3.50. The van der Waals surface area contributed by atoms with Crippen molar-refractivity contribution in [3.63, 3.8) is 0 Å². The number of aliphatic imine (C=N–C) groups is 1. The minimum atomic E-state index is 0. The Labute approximate surface area is 202 Å². The highest BCUT2D eigenvalue weighted by molar-refractivity contribution is 14.0. The Balaban J connectivity index is 0.00000320. The first kappa shape index (κ1) is 24.9. The number of guanidine groups is 1. The van der Waals surface area contributed by atoms with Crippen LogP contribution in [0.15, 0.2) is 41.5 Å². The molecule has 1 aliphatic rings. The normalized spacial score (nSPS) is 15.0. The molecule has 2 N–H and O–H groups in total. The Hall–Kier alpha value is -1.39. The number of aromatic nitrogens is 1. The molecule has 0 spiro atoms. The molecule has 0 aliphatic carbocycles. The molecule has 8 heteroatoms. The summed E-state index contributed by atoms with van der Waals surface area (Å²) in [6.45, 7) is 12.4. The lowest BCUT2D eigenvalue weighted by Crippen LogP contribution is -2.46. The maximum atomic E-state index is 4.65. The predicted octanol–water partition coefficient (Wildman–Crippen LogP) is 3.73. The number of piperazine rings is 1. The van der Waals surface area contributed by atoms with Crippen LogP contribution in [0.25, 0.3) is 0 Å². The second kappa shape index (κ2) is 13.8. The largest absolute Gasteiger partial charge is 0.369 e. The third kappa shape index (κ3) is 8.39. The van der Waals surface area contributed by atoms with E-state index in [4.69, 9.17) is 0 Å². The molecular weight excluding hydrogens is 507 g/mol. The fraction of sp³-hybridized carbons (Fsp3) is 0.545. The number of unbranched alkanes of at least 4 members (excludes halogenated alkanes) is 1. The number of thiazole rings is 1. The summed E-state index contributed by atoms with van der Waals surface area (Å²) < 4.78 is 0. The number of para-hydroxylation sites is 1. The Morgan fingerprint density at radius 3 is 2.53 bits per heavy atom. The minimum absolute atomic E-state index is 0. The summed E-state index contributed by atoms with van der Waals surface area (Å²) in [5, 5.41) is 7.84. The maximum Gasteiger partial charge on any atom is 0.191 e. The van der Waals surface area contributed by atoms with Gasteiger partial charge in [-0.1, -0.05) is 18.2 Å². The molecule has 0 atom stereocenters. The van der Waals surface area contributed by atoms with Crippen LogP contribution in [-0.2, 0) is 6.54 Å². The number of halogens is 1. The molecule has 6 nitrogen and oxygen atoms in total. The van der Waals surface area contributed by atoms with Crippen LogP contribution in [0.2, 0.25) is 0 Å². The second-order valence-corrected chi connectivity index (χ2v) is 8.68. The van der Waals surface area contributed by atoms with Gasteiger partial charge in [0.25, 0.3) is 0 Å². The van der Waals surface area contributed by atoms with Gasteiger partial charge in [-0.2, -0.15) is 0 Å². The third-order valence-electron chi connectivity index (χ3n) is 5.07. The lowest BCUT2D eigenvalue weighted by Gasteiger charge is -2.36. The van der Waals surface area contributed by atoms with E-state index in [1.54, 1.807) is 11.3 Å². The second-order valence-electron chi connectivity index (χ2n) is 7.36. The van der Waals surface area contributed by atoms with Crippen molar-refractivity contribution < 1.29 is 0 Å². The highest BCUT2D eigenvalue weighted by Crippen LogP contribution is 2.15. The summed E-state index contributed by atoms with van der Waals surface area (Å²) in [6, 6.07) is 10.7. The van der Waals surface area contributed by atoms with E-state index in [0.717, 1.165) is 56.7 Å². The standard InChI is InChI=1S/C22H34N6S.HI/c1-3-23-22(26-18-21-25-17-19(2)29-21)24-11-7-8-12-27-13-15-28(16-14-27)20-9-5-4-6-10-20;/h4-6,9-10,17H,3,7-8,11-16,18H2,1-2H3,(H2,23,24,26);1H. The molecule has 2 aromatic rings. The molecule has 30 heavy (non-hydrogen) atoms. The van der Waals surface area contributed by atoms with Crippen LogP contribution in [0.5, 0.6) is 0 Å². The quantitative estimate of drug-likeness (QED) is 0.219. The van der Waals surface area contributed by atoms with Crippen molar-refractivity contribution in [3.8, 4) is 0 Å². The summed E-state index contributed by atoms with van der Waals surface area (Å²) in [5.74, 6) is 0.886. The average molecular weight is 543 g/mol. The zero-order valence-electron chi connectivity index (χ0n) is 18.1. The van der Waals surface area contributed by atoms with Crippen LogP contribution in [0, 0.1) is 6.92 Å². The lowest BCUT2D eigenvalue weighted by molar-refractivity contribution is 0.253.